The van der Waals surface area contributed by atoms with Crippen LogP contribution in [0.2, 0.25) is 0 Å². The molecule has 1 aliphatic heterocycles. The quantitative estimate of drug-likeness (QED) is 0.419. The third-order valence-corrected chi connectivity index (χ3v) is 5.73. The average molecular weight is 420 g/mol. The molecule has 6 heteroatoms. The van der Waals surface area contributed by atoms with Crippen LogP contribution >= 0.6 is 0 Å². The first-order valence-corrected chi connectivity index (χ1v) is 10.5. The molecule has 6 nitrogen and oxygen atoms in total. The summed E-state index contributed by atoms with van der Waals surface area (Å²) in [6, 6.07) is 17.6. The molecule has 2 aromatic heterocycles. The number of ether oxygens (including phenoxy) is 2. The molecule has 4 aromatic rings. The Morgan fingerprint density at radius 2 is 1.84 bits per heavy atom. The number of aromatic amines is 1. The van der Waals surface area contributed by atoms with E-state index in [9.17, 15) is 5.26 Å². The monoisotopic (exact) mass is 420 g/mol. The number of benzene rings is 2. The minimum atomic E-state index is 0.0794. The summed E-state index contributed by atoms with van der Waals surface area (Å²) in [5, 5.41) is 10.7. The molecule has 3 heterocycles. The molecule has 32 heavy (non-hydrogen) atoms. The van der Waals surface area contributed by atoms with Crippen LogP contribution < -0.4 is 4.74 Å². The Balaban J connectivity index is 1.49. The zero-order valence-electron chi connectivity index (χ0n) is 17.3. The molecule has 1 saturated heterocycles. The Kier molecular flexibility index (Phi) is 5.29. The van der Waals surface area contributed by atoms with Gasteiger partial charge in [0.1, 0.15) is 23.6 Å². The number of nitriles is 1. The maximum atomic E-state index is 9.72. The van der Waals surface area contributed by atoms with Crippen molar-refractivity contribution in [2.24, 2.45) is 0 Å². The smallest absolute Gasteiger partial charge is 0.187 e. The molecular weight excluding hydrogens is 400 g/mol. The molecule has 5 rings (SSSR count). The average Bonchev–Trinajstić information content (AvgIpc) is 3.28. The fraction of sp³-hybridized carbons (Fsp3) is 0.192. The van der Waals surface area contributed by atoms with E-state index < -0.39 is 0 Å². The SMILES string of the molecule is [C-]#[N+]c1ccc(-c2cnc3[nH]cc(-c4ccc(OC5CCOCC5)c(C#N)c4)c3c2)cc1. The molecule has 0 radical (unpaired) electrons. The number of nitrogens with one attached hydrogen (secondary N) is 1. The Morgan fingerprint density at radius 3 is 2.59 bits per heavy atom. The van der Waals surface area contributed by atoms with Gasteiger partial charge in [0.2, 0.25) is 0 Å². The van der Waals surface area contributed by atoms with Crippen molar-refractivity contribution in [2.45, 2.75) is 18.9 Å². The van der Waals surface area contributed by atoms with Gasteiger partial charge in [-0.3, -0.25) is 0 Å². The number of hydrogen-bond donors (Lipinski definition) is 1. The predicted octanol–water partition coefficient (Wildman–Crippen LogP) is 5.88. The second kappa shape index (κ2) is 8.55. The van der Waals surface area contributed by atoms with E-state index in [0.29, 0.717) is 30.2 Å². The number of rotatable bonds is 4. The van der Waals surface area contributed by atoms with Crippen molar-refractivity contribution >= 4 is 16.7 Å². The van der Waals surface area contributed by atoms with Crippen molar-refractivity contribution in [2.75, 3.05) is 13.2 Å². The van der Waals surface area contributed by atoms with Gasteiger partial charge in [0.15, 0.2) is 5.69 Å². The van der Waals surface area contributed by atoms with Crippen LogP contribution in [0.15, 0.2) is 60.9 Å². The number of pyridine rings is 1. The van der Waals surface area contributed by atoms with Gasteiger partial charge in [-0.15, -0.1) is 0 Å². The Labute approximate surface area is 185 Å². The first kappa shape index (κ1) is 19.8. The summed E-state index contributed by atoms with van der Waals surface area (Å²) in [6.45, 7) is 8.50. The second-order valence-electron chi connectivity index (χ2n) is 7.73. The van der Waals surface area contributed by atoms with Crippen molar-refractivity contribution in [3.63, 3.8) is 0 Å². The van der Waals surface area contributed by atoms with Crippen molar-refractivity contribution in [1.82, 2.24) is 9.97 Å². The molecule has 156 valence electrons. The Bertz CT molecular complexity index is 1350. The van der Waals surface area contributed by atoms with Gasteiger partial charge in [-0.05, 0) is 29.3 Å². The van der Waals surface area contributed by atoms with Crippen LogP contribution in [-0.4, -0.2) is 29.3 Å². The molecule has 2 aromatic carbocycles. The van der Waals surface area contributed by atoms with Gasteiger partial charge in [0, 0.05) is 41.7 Å². The Morgan fingerprint density at radius 1 is 1.06 bits per heavy atom. The lowest BCUT2D eigenvalue weighted by molar-refractivity contribution is 0.0254. The minimum Gasteiger partial charge on any atom is -0.489 e. The first-order chi connectivity index (χ1) is 15.7. The highest BCUT2D eigenvalue weighted by atomic mass is 16.5. The fourth-order valence-corrected chi connectivity index (χ4v) is 3.99. The minimum absolute atomic E-state index is 0.0794. The normalized spacial score (nSPS) is 14.1. The van der Waals surface area contributed by atoms with Gasteiger partial charge in [-0.25, -0.2) is 9.83 Å². The summed E-state index contributed by atoms with van der Waals surface area (Å²) in [5.41, 5.74) is 5.77. The van der Waals surface area contributed by atoms with E-state index in [1.807, 2.05) is 42.7 Å². The van der Waals surface area contributed by atoms with Crippen LogP contribution in [-0.2, 0) is 4.74 Å². The number of H-pyrrole nitrogens is 1. The van der Waals surface area contributed by atoms with Gasteiger partial charge in [0.25, 0.3) is 0 Å². The lowest BCUT2D eigenvalue weighted by Gasteiger charge is -2.23. The van der Waals surface area contributed by atoms with Crippen LogP contribution in [0.1, 0.15) is 18.4 Å². The van der Waals surface area contributed by atoms with E-state index in [4.69, 9.17) is 16.0 Å². The standard InChI is InChI=1S/C26H20N4O2/c1-28-21-5-2-17(3-6-21)20-13-23-24(16-30-26(23)29-15-20)18-4-7-25(19(12-18)14-27)32-22-8-10-31-11-9-22/h2-7,12-13,15-16,22H,8-11H2,(H,29,30). The van der Waals surface area contributed by atoms with E-state index in [1.165, 1.54) is 0 Å². The van der Waals surface area contributed by atoms with Crippen LogP contribution in [0.3, 0.4) is 0 Å². The van der Waals surface area contributed by atoms with Gasteiger partial charge < -0.3 is 14.5 Å². The third kappa shape index (κ3) is 3.80. The summed E-state index contributed by atoms with van der Waals surface area (Å²) in [7, 11) is 0. The summed E-state index contributed by atoms with van der Waals surface area (Å²) in [4.78, 5) is 11.2. The summed E-state index contributed by atoms with van der Waals surface area (Å²) in [6.07, 6.45) is 5.48. The molecule has 0 aliphatic carbocycles. The highest BCUT2D eigenvalue weighted by Crippen LogP contribution is 2.34. The zero-order chi connectivity index (χ0) is 21.9. The topological polar surface area (TPSA) is 75.3 Å². The maximum absolute atomic E-state index is 9.72. The summed E-state index contributed by atoms with van der Waals surface area (Å²) >= 11 is 0. The maximum Gasteiger partial charge on any atom is 0.187 e. The first-order valence-electron chi connectivity index (χ1n) is 10.5. The lowest BCUT2D eigenvalue weighted by atomic mass is 10.0. The van der Waals surface area contributed by atoms with E-state index >= 15 is 0 Å². The van der Waals surface area contributed by atoms with Gasteiger partial charge in [0.05, 0.1) is 25.3 Å². The highest BCUT2D eigenvalue weighted by molar-refractivity contribution is 5.96. The van der Waals surface area contributed by atoms with Crippen molar-refractivity contribution < 1.29 is 9.47 Å². The van der Waals surface area contributed by atoms with E-state index in [-0.39, 0.29) is 6.10 Å². The molecule has 0 saturated carbocycles. The van der Waals surface area contributed by atoms with Crippen molar-refractivity contribution in [3.05, 3.63) is 77.9 Å². The Hall–Kier alpha value is -4.13. The molecule has 1 N–H and O–H groups in total. The highest BCUT2D eigenvalue weighted by Gasteiger charge is 2.18. The van der Waals surface area contributed by atoms with Gasteiger partial charge in [-0.1, -0.05) is 30.3 Å². The summed E-state index contributed by atoms with van der Waals surface area (Å²) in [5.74, 6) is 0.613. The molecule has 0 unspecified atom stereocenters. The number of aromatic nitrogens is 2. The van der Waals surface area contributed by atoms with Crippen LogP contribution in [0, 0.1) is 17.9 Å². The zero-order valence-corrected chi connectivity index (χ0v) is 17.3. The van der Waals surface area contributed by atoms with Crippen molar-refractivity contribution in [3.8, 4) is 34.1 Å². The fourth-order valence-electron chi connectivity index (χ4n) is 3.99. The number of hydrogen-bond acceptors (Lipinski definition) is 4. The number of fused-ring (bicyclic) bond motifs is 1. The number of nitrogens with zero attached hydrogens (tertiary/aromatic N) is 3. The molecular formula is C26H20N4O2. The van der Waals surface area contributed by atoms with Crippen LogP contribution in [0.25, 0.3) is 38.1 Å². The molecule has 0 spiro atoms. The van der Waals surface area contributed by atoms with E-state index in [0.717, 1.165) is 46.1 Å². The third-order valence-electron chi connectivity index (χ3n) is 5.73. The van der Waals surface area contributed by atoms with Gasteiger partial charge in [-0.2, -0.15) is 5.26 Å². The predicted molar refractivity (Wildman–Crippen MR) is 122 cm³/mol. The summed E-state index contributed by atoms with van der Waals surface area (Å²) < 4.78 is 11.5. The molecule has 0 bridgehead atoms. The largest absolute Gasteiger partial charge is 0.489 e. The molecule has 0 atom stereocenters. The van der Waals surface area contributed by atoms with Crippen molar-refractivity contribution in [1.29, 1.82) is 5.26 Å². The molecule has 0 amide bonds. The van der Waals surface area contributed by atoms with Gasteiger partial charge >= 0.3 is 0 Å². The molecule has 1 fully saturated rings. The lowest BCUT2D eigenvalue weighted by Crippen LogP contribution is -2.26. The molecule has 1 aliphatic rings. The van der Waals surface area contributed by atoms with E-state index in [2.05, 4.69) is 26.9 Å². The van der Waals surface area contributed by atoms with Crippen LogP contribution in [0.5, 0.6) is 5.75 Å². The van der Waals surface area contributed by atoms with E-state index in [1.54, 1.807) is 12.1 Å². The van der Waals surface area contributed by atoms with Crippen LogP contribution in [0.4, 0.5) is 5.69 Å². The second-order valence-corrected chi connectivity index (χ2v) is 7.73.